The fraction of sp³-hybridized carbons (Fsp3) is 0.636. The maximum absolute atomic E-state index is 11.2. The third-order valence-corrected chi connectivity index (χ3v) is 2.36. The molecule has 0 bridgehead atoms. The lowest BCUT2D eigenvalue weighted by molar-refractivity contribution is -0.120. The number of nitrogens with one attached hydrogen (secondary N) is 1. The molecular weight excluding hydrogens is 190 g/mol. The van der Waals surface area contributed by atoms with E-state index in [4.69, 9.17) is 0 Å². The summed E-state index contributed by atoms with van der Waals surface area (Å²) in [6.07, 6.45) is 3.54. The molecule has 1 rings (SSSR count). The Bertz CT molecular complexity index is 349. The molecule has 1 N–H and O–H groups in total. The molecule has 4 nitrogen and oxygen atoms in total. The van der Waals surface area contributed by atoms with Gasteiger partial charge in [0.2, 0.25) is 5.91 Å². The first-order valence-corrected chi connectivity index (χ1v) is 5.05. The molecule has 1 aromatic heterocycles. The lowest BCUT2D eigenvalue weighted by Crippen LogP contribution is -2.36. The van der Waals surface area contributed by atoms with E-state index in [1.807, 2.05) is 11.6 Å². The van der Waals surface area contributed by atoms with E-state index in [1.54, 1.807) is 12.5 Å². The molecule has 4 heteroatoms. The molecule has 0 spiro atoms. The van der Waals surface area contributed by atoms with Gasteiger partial charge in [-0.2, -0.15) is 0 Å². The standard InChI is InChI=1S/C11H19N3O/c1-8(15)13-10(11(2,3)4)9-6-12-7-14(9)5/h6-7,10H,1-5H3,(H,13,15). The Kier molecular flexibility index (Phi) is 3.17. The summed E-state index contributed by atoms with van der Waals surface area (Å²) >= 11 is 0. The number of hydrogen-bond acceptors (Lipinski definition) is 2. The van der Waals surface area contributed by atoms with E-state index in [-0.39, 0.29) is 17.4 Å². The molecule has 1 aromatic rings. The van der Waals surface area contributed by atoms with Crippen LogP contribution in [0.1, 0.15) is 39.4 Å². The van der Waals surface area contributed by atoms with Crippen molar-refractivity contribution in [1.29, 1.82) is 0 Å². The molecule has 1 unspecified atom stereocenters. The number of amides is 1. The zero-order valence-corrected chi connectivity index (χ0v) is 10.0. The molecule has 0 saturated carbocycles. The third kappa shape index (κ3) is 2.81. The van der Waals surface area contributed by atoms with Gasteiger partial charge in [0, 0.05) is 14.0 Å². The summed E-state index contributed by atoms with van der Waals surface area (Å²) in [6, 6.07) is -0.0116. The first kappa shape index (κ1) is 11.8. The monoisotopic (exact) mass is 209 g/mol. The quantitative estimate of drug-likeness (QED) is 0.805. The van der Waals surface area contributed by atoms with Gasteiger partial charge in [0.25, 0.3) is 0 Å². The highest BCUT2D eigenvalue weighted by atomic mass is 16.1. The van der Waals surface area contributed by atoms with Crippen LogP contribution in [0.25, 0.3) is 0 Å². The minimum absolute atomic E-state index is 0.0116. The zero-order valence-electron chi connectivity index (χ0n) is 10.0. The molecule has 0 fully saturated rings. The van der Waals surface area contributed by atoms with Crippen LogP contribution in [0.5, 0.6) is 0 Å². The number of hydrogen-bond donors (Lipinski definition) is 1. The molecule has 84 valence electrons. The minimum atomic E-state index is -0.0283. The van der Waals surface area contributed by atoms with Crippen molar-refractivity contribution < 1.29 is 4.79 Å². The summed E-state index contributed by atoms with van der Waals surface area (Å²) in [5.74, 6) is -0.0175. The number of aromatic nitrogens is 2. The van der Waals surface area contributed by atoms with Gasteiger partial charge in [-0.05, 0) is 5.41 Å². The first-order chi connectivity index (χ1) is 6.82. The average molecular weight is 209 g/mol. The van der Waals surface area contributed by atoms with Crippen LogP contribution in [0, 0.1) is 5.41 Å². The van der Waals surface area contributed by atoms with E-state index in [0.717, 1.165) is 5.69 Å². The minimum Gasteiger partial charge on any atom is -0.347 e. The topological polar surface area (TPSA) is 46.9 Å². The van der Waals surface area contributed by atoms with Gasteiger partial charge >= 0.3 is 0 Å². The third-order valence-electron chi connectivity index (χ3n) is 2.36. The lowest BCUT2D eigenvalue weighted by Gasteiger charge is -2.31. The molecule has 0 saturated heterocycles. The average Bonchev–Trinajstić information content (AvgIpc) is 2.45. The van der Waals surface area contributed by atoms with E-state index in [1.165, 1.54) is 6.92 Å². The van der Waals surface area contributed by atoms with Crippen molar-refractivity contribution in [2.24, 2.45) is 12.5 Å². The van der Waals surface area contributed by atoms with Gasteiger partial charge in [-0.25, -0.2) is 4.98 Å². The summed E-state index contributed by atoms with van der Waals surface area (Å²) in [5, 5.41) is 2.96. The largest absolute Gasteiger partial charge is 0.347 e. The smallest absolute Gasteiger partial charge is 0.217 e. The van der Waals surface area contributed by atoms with Crippen LogP contribution >= 0.6 is 0 Å². The van der Waals surface area contributed by atoms with Crippen LogP contribution in [0.2, 0.25) is 0 Å². The van der Waals surface area contributed by atoms with Crippen molar-refractivity contribution in [2.45, 2.75) is 33.7 Å². The van der Waals surface area contributed by atoms with Crippen molar-refractivity contribution in [3.05, 3.63) is 18.2 Å². The predicted molar refractivity (Wildman–Crippen MR) is 59.2 cm³/mol. The second-order valence-electron chi connectivity index (χ2n) is 4.93. The van der Waals surface area contributed by atoms with E-state index in [0.29, 0.717) is 0 Å². The van der Waals surface area contributed by atoms with E-state index < -0.39 is 0 Å². The molecule has 0 aliphatic heterocycles. The molecule has 1 heterocycles. The van der Waals surface area contributed by atoms with Gasteiger partial charge in [0.05, 0.1) is 24.3 Å². The van der Waals surface area contributed by atoms with Gasteiger partial charge in [0.15, 0.2) is 0 Å². The van der Waals surface area contributed by atoms with Crippen molar-refractivity contribution in [3.8, 4) is 0 Å². The molecular formula is C11H19N3O. The van der Waals surface area contributed by atoms with Gasteiger partial charge in [0.1, 0.15) is 0 Å². The molecule has 1 atom stereocenters. The molecule has 0 aliphatic rings. The van der Waals surface area contributed by atoms with Crippen molar-refractivity contribution in [1.82, 2.24) is 14.9 Å². The molecule has 1 amide bonds. The number of carbonyl (C=O) groups is 1. The van der Waals surface area contributed by atoms with Crippen molar-refractivity contribution in [2.75, 3.05) is 0 Å². The highest BCUT2D eigenvalue weighted by Crippen LogP contribution is 2.32. The van der Waals surface area contributed by atoms with Crippen molar-refractivity contribution >= 4 is 5.91 Å². The zero-order chi connectivity index (χ0) is 11.6. The first-order valence-electron chi connectivity index (χ1n) is 5.05. The Labute approximate surface area is 90.7 Å². The summed E-state index contributed by atoms with van der Waals surface area (Å²) in [4.78, 5) is 15.2. The van der Waals surface area contributed by atoms with Crippen LogP contribution in [-0.2, 0) is 11.8 Å². The maximum atomic E-state index is 11.2. The Balaban J connectivity index is 3.02. The Hall–Kier alpha value is -1.32. The van der Waals surface area contributed by atoms with Crippen LogP contribution in [-0.4, -0.2) is 15.5 Å². The fourth-order valence-corrected chi connectivity index (χ4v) is 1.58. The van der Waals surface area contributed by atoms with Crippen LogP contribution in [0.3, 0.4) is 0 Å². The number of rotatable bonds is 2. The number of carbonyl (C=O) groups excluding carboxylic acids is 1. The van der Waals surface area contributed by atoms with Crippen LogP contribution in [0.15, 0.2) is 12.5 Å². The van der Waals surface area contributed by atoms with Crippen LogP contribution < -0.4 is 5.32 Å². The molecule has 0 aliphatic carbocycles. The summed E-state index contributed by atoms with van der Waals surface area (Å²) < 4.78 is 1.94. The summed E-state index contributed by atoms with van der Waals surface area (Å²) in [7, 11) is 1.93. The summed E-state index contributed by atoms with van der Waals surface area (Å²) in [6.45, 7) is 7.83. The number of aryl methyl sites for hydroxylation is 1. The number of imidazole rings is 1. The van der Waals surface area contributed by atoms with E-state index in [9.17, 15) is 4.79 Å². The van der Waals surface area contributed by atoms with Crippen molar-refractivity contribution in [3.63, 3.8) is 0 Å². The fourth-order valence-electron chi connectivity index (χ4n) is 1.58. The Morgan fingerprint density at radius 1 is 1.53 bits per heavy atom. The van der Waals surface area contributed by atoms with Gasteiger partial charge in [-0.1, -0.05) is 20.8 Å². The Morgan fingerprint density at radius 2 is 2.13 bits per heavy atom. The van der Waals surface area contributed by atoms with Gasteiger partial charge in [-0.15, -0.1) is 0 Å². The molecule has 15 heavy (non-hydrogen) atoms. The summed E-state index contributed by atoms with van der Waals surface area (Å²) in [5.41, 5.74) is 0.997. The van der Waals surface area contributed by atoms with E-state index in [2.05, 4.69) is 31.1 Å². The highest BCUT2D eigenvalue weighted by Gasteiger charge is 2.28. The SMILES string of the molecule is CC(=O)NC(c1cncn1C)C(C)(C)C. The van der Waals surface area contributed by atoms with E-state index >= 15 is 0 Å². The van der Waals surface area contributed by atoms with Gasteiger partial charge in [-0.3, -0.25) is 4.79 Å². The highest BCUT2D eigenvalue weighted by molar-refractivity contribution is 5.73. The Morgan fingerprint density at radius 3 is 2.47 bits per heavy atom. The number of nitrogens with zero attached hydrogens (tertiary/aromatic N) is 2. The second-order valence-corrected chi connectivity index (χ2v) is 4.93. The molecule has 0 aromatic carbocycles. The molecule has 0 radical (unpaired) electrons. The lowest BCUT2D eigenvalue weighted by atomic mass is 9.85. The predicted octanol–water partition coefficient (Wildman–Crippen LogP) is 1.64. The maximum Gasteiger partial charge on any atom is 0.217 e. The van der Waals surface area contributed by atoms with Crippen LogP contribution in [0.4, 0.5) is 0 Å². The normalized spacial score (nSPS) is 13.7. The van der Waals surface area contributed by atoms with Gasteiger partial charge < -0.3 is 9.88 Å². The second kappa shape index (κ2) is 4.04.